The first-order valence-corrected chi connectivity index (χ1v) is 8.91. The molecular formula is C19H16F2N6O3. The van der Waals surface area contributed by atoms with E-state index in [4.69, 9.17) is 4.74 Å². The Morgan fingerprint density at radius 2 is 2.10 bits per heavy atom. The number of carbonyl (C=O) groups is 2. The Morgan fingerprint density at radius 1 is 1.27 bits per heavy atom. The van der Waals surface area contributed by atoms with Gasteiger partial charge in [0.05, 0.1) is 12.7 Å². The molecule has 0 radical (unpaired) electrons. The highest BCUT2D eigenvalue weighted by Crippen LogP contribution is 2.26. The molecule has 0 saturated carbocycles. The number of rotatable bonds is 6. The van der Waals surface area contributed by atoms with Crippen LogP contribution in [0, 0.1) is 6.92 Å². The van der Waals surface area contributed by atoms with Crippen molar-refractivity contribution >= 4 is 23.6 Å². The van der Waals surface area contributed by atoms with Gasteiger partial charge in [0.25, 0.3) is 12.3 Å². The number of nitrogens with zero attached hydrogens (tertiary/aromatic N) is 4. The minimum atomic E-state index is -2.69. The zero-order chi connectivity index (χ0) is 21.3. The van der Waals surface area contributed by atoms with Gasteiger partial charge in [-0.05, 0) is 36.2 Å². The number of nitrogens with one attached hydrogen (secondary N) is 2. The van der Waals surface area contributed by atoms with Gasteiger partial charge in [-0.25, -0.2) is 23.5 Å². The van der Waals surface area contributed by atoms with Crippen LogP contribution >= 0.6 is 0 Å². The van der Waals surface area contributed by atoms with E-state index in [9.17, 15) is 18.4 Å². The van der Waals surface area contributed by atoms with Gasteiger partial charge in [0.1, 0.15) is 5.69 Å². The summed E-state index contributed by atoms with van der Waals surface area (Å²) in [4.78, 5) is 30.5. The van der Waals surface area contributed by atoms with Crippen molar-refractivity contribution in [3.63, 3.8) is 0 Å². The van der Waals surface area contributed by atoms with E-state index in [-0.39, 0.29) is 18.2 Å². The maximum absolute atomic E-state index is 12.8. The van der Waals surface area contributed by atoms with E-state index in [1.807, 2.05) is 19.1 Å². The van der Waals surface area contributed by atoms with Gasteiger partial charge in [-0.2, -0.15) is 5.10 Å². The summed E-state index contributed by atoms with van der Waals surface area (Å²) in [5, 5.41) is 9.21. The predicted molar refractivity (Wildman–Crippen MR) is 101 cm³/mol. The Labute approximate surface area is 169 Å². The number of anilines is 2. The number of imide groups is 1. The zero-order valence-electron chi connectivity index (χ0n) is 15.7. The lowest BCUT2D eigenvalue weighted by Crippen LogP contribution is -2.28. The number of hydrogen-bond acceptors (Lipinski definition) is 7. The summed E-state index contributed by atoms with van der Waals surface area (Å²) in [6.45, 7) is 1.97. The summed E-state index contributed by atoms with van der Waals surface area (Å²) < 4.78 is 32.1. The molecular weight excluding hydrogens is 398 g/mol. The van der Waals surface area contributed by atoms with Gasteiger partial charge in [-0.1, -0.05) is 6.07 Å². The molecule has 2 aromatic heterocycles. The van der Waals surface area contributed by atoms with E-state index >= 15 is 0 Å². The molecule has 3 heterocycles. The van der Waals surface area contributed by atoms with Crippen LogP contribution in [0.4, 0.5) is 25.2 Å². The molecule has 11 heteroatoms. The largest absolute Gasteiger partial charge is 0.434 e. The van der Waals surface area contributed by atoms with Crippen LogP contribution in [0.3, 0.4) is 0 Å². The smallest absolute Gasteiger partial charge is 0.414 e. The zero-order valence-corrected chi connectivity index (χ0v) is 15.7. The molecule has 2 amide bonds. The number of halogens is 2. The van der Waals surface area contributed by atoms with Crippen LogP contribution in [0.25, 0.3) is 11.1 Å². The molecule has 0 spiro atoms. The lowest BCUT2D eigenvalue weighted by Gasteiger charge is -2.09. The fourth-order valence-electron chi connectivity index (χ4n) is 3.00. The van der Waals surface area contributed by atoms with Crippen LogP contribution < -0.4 is 10.6 Å². The maximum Gasteiger partial charge on any atom is 0.414 e. The second-order valence-corrected chi connectivity index (χ2v) is 6.65. The number of aryl methyl sites for hydroxylation is 1. The average Bonchev–Trinajstić information content (AvgIpc) is 3.28. The Morgan fingerprint density at radius 3 is 2.83 bits per heavy atom. The fraction of sp³-hybridized carbons (Fsp3) is 0.211. The van der Waals surface area contributed by atoms with Gasteiger partial charge in [0, 0.05) is 23.6 Å². The van der Waals surface area contributed by atoms with Crippen LogP contribution in [-0.2, 0) is 16.1 Å². The standard InChI is InChI=1S/C19H16F2N6O3/c1-10-4-11(6-13(5-10)24-18-22-3-2-14(25-18)16(20)21)12-7-23-27(8-12)9-15-17(28)26-19(29)30-15/h2-8,15-16H,9H2,1H3,(H,22,24,25)(H,26,28,29). The van der Waals surface area contributed by atoms with Crippen molar-refractivity contribution < 1.29 is 23.1 Å². The molecule has 4 rings (SSSR count). The molecule has 1 unspecified atom stereocenters. The highest BCUT2D eigenvalue weighted by molar-refractivity contribution is 5.99. The minimum absolute atomic E-state index is 0.0640. The normalized spacial score (nSPS) is 15.9. The molecule has 2 N–H and O–H groups in total. The lowest BCUT2D eigenvalue weighted by atomic mass is 10.1. The maximum atomic E-state index is 12.8. The second kappa shape index (κ2) is 7.85. The van der Waals surface area contributed by atoms with Gasteiger partial charge >= 0.3 is 6.09 Å². The van der Waals surface area contributed by atoms with Crippen molar-refractivity contribution in [1.29, 1.82) is 0 Å². The van der Waals surface area contributed by atoms with Crippen LogP contribution in [0.1, 0.15) is 17.7 Å². The van der Waals surface area contributed by atoms with Crippen LogP contribution in [0.2, 0.25) is 0 Å². The van der Waals surface area contributed by atoms with E-state index in [1.165, 1.54) is 10.9 Å². The van der Waals surface area contributed by atoms with E-state index in [2.05, 4.69) is 25.7 Å². The topological polar surface area (TPSA) is 111 Å². The van der Waals surface area contributed by atoms with E-state index in [1.54, 1.807) is 18.5 Å². The van der Waals surface area contributed by atoms with E-state index < -0.39 is 24.5 Å². The van der Waals surface area contributed by atoms with Gasteiger partial charge < -0.3 is 10.1 Å². The van der Waals surface area contributed by atoms with Gasteiger partial charge in [-0.15, -0.1) is 0 Å². The first-order valence-electron chi connectivity index (χ1n) is 8.91. The highest BCUT2D eigenvalue weighted by atomic mass is 19.3. The predicted octanol–water partition coefficient (Wildman–Crippen LogP) is 2.96. The lowest BCUT2D eigenvalue weighted by molar-refractivity contribution is -0.124. The van der Waals surface area contributed by atoms with Crippen LogP contribution in [-0.4, -0.2) is 37.9 Å². The number of cyclic esters (lactones) is 1. The number of amides is 2. The molecule has 0 aliphatic carbocycles. The molecule has 1 aliphatic heterocycles. The van der Waals surface area contributed by atoms with Gasteiger partial charge in [0.15, 0.2) is 0 Å². The van der Waals surface area contributed by atoms with Crippen LogP contribution in [0.15, 0.2) is 42.9 Å². The van der Waals surface area contributed by atoms with Crippen molar-refractivity contribution in [2.45, 2.75) is 26.0 Å². The number of alkyl halides is 2. The van der Waals surface area contributed by atoms with Crippen molar-refractivity contribution in [3.05, 3.63) is 54.1 Å². The van der Waals surface area contributed by atoms with Gasteiger partial charge in [-0.3, -0.25) is 14.8 Å². The Balaban J connectivity index is 1.54. The molecule has 1 atom stereocenters. The molecule has 30 heavy (non-hydrogen) atoms. The highest BCUT2D eigenvalue weighted by Gasteiger charge is 2.32. The third-order valence-electron chi connectivity index (χ3n) is 4.32. The Kier molecular flexibility index (Phi) is 5.09. The van der Waals surface area contributed by atoms with E-state index in [0.717, 1.165) is 22.8 Å². The summed E-state index contributed by atoms with van der Waals surface area (Å²) in [6.07, 6.45) is 0.203. The number of benzene rings is 1. The third kappa shape index (κ3) is 4.24. The fourth-order valence-corrected chi connectivity index (χ4v) is 3.00. The molecule has 1 aliphatic rings. The quantitative estimate of drug-likeness (QED) is 0.638. The van der Waals surface area contributed by atoms with Crippen molar-refractivity contribution in [2.75, 3.05) is 5.32 Å². The van der Waals surface area contributed by atoms with Crippen molar-refractivity contribution in [1.82, 2.24) is 25.1 Å². The minimum Gasteiger partial charge on any atom is -0.434 e. The summed E-state index contributed by atoms with van der Waals surface area (Å²) >= 11 is 0. The van der Waals surface area contributed by atoms with Crippen molar-refractivity contribution in [2.24, 2.45) is 0 Å². The summed E-state index contributed by atoms with van der Waals surface area (Å²) in [6, 6.07) is 6.71. The number of aromatic nitrogens is 4. The molecule has 1 fully saturated rings. The Hall–Kier alpha value is -3.89. The Bertz CT molecular complexity index is 1120. The molecule has 1 aromatic carbocycles. The average molecular weight is 414 g/mol. The SMILES string of the molecule is Cc1cc(Nc2nccc(C(F)F)n2)cc(-c2cnn(CC3OC(=O)NC3=O)c2)c1. The van der Waals surface area contributed by atoms with Gasteiger partial charge in [0.2, 0.25) is 12.1 Å². The third-order valence-corrected chi connectivity index (χ3v) is 4.32. The second-order valence-electron chi connectivity index (χ2n) is 6.65. The number of ether oxygens (including phenoxy) is 1. The number of hydrogen-bond donors (Lipinski definition) is 2. The summed E-state index contributed by atoms with van der Waals surface area (Å²) in [5.74, 6) is -0.445. The number of carbonyl (C=O) groups excluding carboxylic acids is 2. The monoisotopic (exact) mass is 414 g/mol. The van der Waals surface area contributed by atoms with Crippen molar-refractivity contribution in [3.8, 4) is 11.1 Å². The molecule has 9 nitrogen and oxygen atoms in total. The van der Waals surface area contributed by atoms with E-state index in [0.29, 0.717) is 5.69 Å². The number of alkyl carbamates (subject to hydrolysis) is 1. The molecule has 154 valence electrons. The first-order chi connectivity index (χ1) is 14.4. The molecule has 1 saturated heterocycles. The van der Waals surface area contributed by atoms with Crippen LogP contribution in [0.5, 0.6) is 0 Å². The summed E-state index contributed by atoms with van der Waals surface area (Å²) in [7, 11) is 0. The first kappa shape index (κ1) is 19.4. The molecule has 0 bridgehead atoms. The molecule has 3 aromatic rings. The summed E-state index contributed by atoms with van der Waals surface area (Å²) in [5.41, 5.74) is 2.73.